The topological polar surface area (TPSA) is 50.7 Å². The minimum Gasteiger partial charge on any atom is -0.449 e. The lowest BCUT2D eigenvalue weighted by molar-refractivity contribution is 0.152. The number of carbonyl (C=O) groups is 1. The van der Waals surface area contributed by atoms with Gasteiger partial charge in [-0.3, -0.25) is 0 Å². The van der Waals surface area contributed by atoms with Gasteiger partial charge in [0.1, 0.15) is 0 Å². The molecule has 5 heteroatoms. The molecule has 4 nitrogen and oxygen atoms in total. The lowest BCUT2D eigenvalue weighted by atomic mass is 10.2. The summed E-state index contributed by atoms with van der Waals surface area (Å²) in [6.45, 7) is 2.08. The maximum atomic E-state index is 11.0. The Morgan fingerprint density at radius 1 is 1.32 bits per heavy atom. The van der Waals surface area contributed by atoms with Crippen molar-refractivity contribution in [2.24, 2.45) is 5.10 Å². The minimum atomic E-state index is -0.543. The fourth-order valence-corrected chi connectivity index (χ4v) is 2.38. The Bertz CT molecular complexity index is 564. The zero-order valence-electron chi connectivity index (χ0n) is 10.5. The third kappa shape index (κ3) is 3.93. The van der Waals surface area contributed by atoms with E-state index < -0.39 is 6.09 Å². The minimum absolute atomic E-state index is 0.332. The summed E-state index contributed by atoms with van der Waals surface area (Å²) in [4.78, 5) is 13.1. The molecule has 0 atom stereocenters. The number of benzene rings is 1. The Morgan fingerprint density at radius 3 is 2.84 bits per heavy atom. The first-order valence-corrected chi connectivity index (χ1v) is 6.72. The van der Waals surface area contributed by atoms with Crippen LogP contribution >= 0.6 is 11.3 Å². The van der Waals surface area contributed by atoms with Crippen LogP contribution < -0.4 is 5.43 Å². The number of nitrogens with zero attached hydrogens (tertiary/aromatic N) is 1. The van der Waals surface area contributed by atoms with Gasteiger partial charge in [0, 0.05) is 9.75 Å². The molecule has 1 aromatic heterocycles. The summed E-state index contributed by atoms with van der Waals surface area (Å²) < 4.78 is 4.69. The second-order valence-electron chi connectivity index (χ2n) is 3.66. The van der Waals surface area contributed by atoms with Crippen molar-refractivity contribution in [2.45, 2.75) is 6.92 Å². The smallest absolute Gasteiger partial charge is 0.427 e. The first-order chi connectivity index (χ1) is 9.29. The van der Waals surface area contributed by atoms with Gasteiger partial charge in [-0.2, -0.15) is 5.10 Å². The molecule has 0 radical (unpaired) electrons. The predicted molar refractivity (Wildman–Crippen MR) is 77.5 cm³/mol. The van der Waals surface area contributed by atoms with Crippen LogP contribution in [-0.4, -0.2) is 18.9 Å². The first-order valence-electron chi connectivity index (χ1n) is 5.90. The summed E-state index contributed by atoms with van der Waals surface area (Å²) in [5.41, 5.74) is 3.47. The largest absolute Gasteiger partial charge is 0.449 e. The average Bonchev–Trinajstić information content (AvgIpc) is 2.89. The highest BCUT2D eigenvalue weighted by atomic mass is 32.1. The summed E-state index contributed by atoms with van der Waals surface area (Å²) in [6.07, 6.45) is 1.06. The molecule has 0 aliphatic carbocycles. The quantitative estimate of drug-likeness (QED) is 0.685. The van der Waals surface area contributed by atoms with Gasteiger partial charge in [-0.1, -0.05) is 30.3 Å². The molecule has 1 amide bonds. The van der Waals surface area contributed by atoms with Crippen LogP contribution in [-0.2, 0) is 4.74 Å². The van der Waals surface area contributed by atoms with Crippen molar-refractivity contribution in [3.8, 4) is 10.4 Å². The zero-order chi connectivity index (χ0) is 13.5. The van der Waals surface area contributed by atoms with Gasteiger partial charge in [0.05, 0.1) is 12.8 Å². The highest BCUT2D eigenvalue weighted by Crippen LogP contribution is 2.26. The van der Waals surface area contributed by atoms with Crippen molar-refractivity contribution in [3.63, 3.8) is 0 Å². The molecule has 0 unspecified atom stereocenters. The SMILES string of the molecule is CCOC(=O)N/N=C\c1ccc(-c2ccccc2)s1. The fraction of sp³-hybridized carbons (Fsp3) is 0.143. The molecule has 0 aliphatic rings. The first kappa shape index (κ1) is 13.3. The Morgan fingerprint density at radius 2 is 2.11 bits per heavy atom. The summed E-state index contributed by atoms with van der Waals surface area (Å²) in [5, 5.41) is 3.83. The van der Waals surface area contributed by atoms with Crippen molar-refractivity contribution >= 4 is 23.6 Å². The number of hydrazone groups is 1. The van der Waals surface area contributed by atoms with E-state index in [0.29, 0.717) is 6.61 Å². The fourth-order valence-electron chi connectivity index (χ4n) is 1.49. The van der Waals surface area contributed by atoms with Crippen LogP contribution in [0.3, 0.4) is 0 Å². The molecule has 0 saturated heterocycles. The van der Waals surface area contributed by atoms with E-state index in [1.807, 2.05) is 30.3 Å². The molecule has 0 saturated carbocycles. The highest BCUT2D eigenvalue weighted by molar-refractivity contribution is 7.17. The van der Waals surface area contributed by atoms with Crippen molar-refractivity contribution in [1.82, 2.24) is 5.43 Å². The van der Waals surface area contributed by atoms with Crippen LogP contribution in [0.15, 0.2) is 47.6 Å². The Balaban J connectivity index is 1.98. The van der Waals surface area contributed by atoms with Crippen molar-refractivity contribution in [2.75, 3.05) is 6.61 Å². The maximum Gasteiger partial charge on any atom is 0.427 e. The Hall–Kier alpha value is -2.14. The van der Waals surface area contributed by atoms with E-state index in [-0.39, 0.29) is 0 Å². The van der Waals surface area contributed by atoms with Gasteiger partial charge in [-0.25, -0.2) is 10.2 Å². The highest BCUT2D eigenvalue weighted by Gasteiger charge is 2.01. The molecule has 98 valence electrons. The van der Waals surface area contributed by atoms with Crippen LogP contribution in [0.1, 0.15) is 11.8 Å². The van der Waals surface area contributed by atoms with Crippen LogP contribution in [0.2, 0.25) is 0 Å². The molecule has 2 rings (SSSR count). The molecular weight excluding hydrogens is 260 g/mol. The third-order valence-corrected chi connectivity index (χ3v) is 3.38. The van der Waals surface area contributed by atoms with Crippen molar-refractivity contribution < 1.29 is 9.53 Å². The maximum absolute atomic E-state index is 11.0. The van der Waals surface area contributed by atoms with Crippen LogP contribution in [0.5, 0.6) is 0 Å². The van der Waals surface area contributed by atoms with E-state index >= 15 is 0 Å². The molecule has 0 bridgehead atoms. The number of hydrogen-bond acceptors (Lipinski definition) is 4. The molecule has 1 N–H and O–H groups in total. The van der Waals surface area contributed by atoms with Crippen molar-refractivity contribution in [3.05, 3.63) is 47.3 Å². The van der Waals surface area contributed by atoms with E-state index in [1.165, 1.54) is 5.56 Å². The molecule has 1 heterocycles. The summed E-state index contributed by atoms with van der Waals surface area (Å²) in [7, 11) is 0. The molecular formula is C14H14N2O2S. The lowest BCUT2D eigenvalue weighted by Gasteiger charge is -1.97. The number of nitrogens with one attached hydrogen (secondary N) is 1. The van der Waals surface area contributed by atoms with E-state index in [2.05, 4.69) is 22.7 Å². The lowest BCUT2D eigenvalue weighted by Crippen LogP contribution is -2.18. The number of ether oxygens (including phenoxy) is 1. The normalized spacial score (nSPS) is 10.6. The number of rotatable bonds is 4. The standard InChI is InChI=1S/C14H14N2O2S/c1-2-18-14(17)16-15-10-12-8-9-13(19-12)11-6-4-3-5-7-11/h3-10H,2H2,1H3,(H,16,17)/b15-10-. The Labute approximate surface area is 115 Å². The number of thiophene rings is 1. The number of carbonyl (C=O) groups excluding carboxylic acids is 1. The monoisotopic (exact) mass is 274 g/mol. The van der Waals surface area contributed by atoms with Gasteiger partial charge >= 0.3 is 6.09 Å². The summed E-state index contributed by atoms with van der Waals surface area (Å²) in [6, 6.07) is 14.1. The number of amides is 1. The summed E-state index contributed by atoms with van der Waals surface area (Å²) in [5.74, 6) is 0. The van der Waals surface area contributed by atoms with Gasteiger partial charge in [0.25, 0.3) is 0 Å². The van der Waals surface area contributed by atoms with Crippen LogP contribution in [0.25, 0.3) is 10.4 Å². The molecule has 0 aliphatic heterocycles. The molecule has 0 fully saturated rings. The molecule has 2 aromatic rings. The van der Waals surface area contributed by atoms with Gasteiger partial charge in [-0.15, -0.1) is 11.3 Å². The van der Waals surface area contributed by atoms with Gasteiger partial charge in [-0.05, 0) is 24.6 Å². The molecule has 1 aromatic carbocycles. The second-order valence-corrected chi connectivity index (χ2v) is 4.77. The van der Waals surface area contributed by atoms with Crippen LogP contribution in [0.4, 0.5) is 4.79 Å². The van der Waals surface area contributed by atoms with Gasteiger partial charge < -0.3 is 4.74 Å². The predicted octanol–water partition coefficient (Wildman–Crippen LogP) is 3.50. The second kappa shape index (κ2) is 6.70. The van der Waals surface area contributed by atoms with E-state index in [0.717, 1.165) is 9.75 Å². The van der Waals surface area contributed by atoms with E-state index in [4.69, 9.17) is 4.74 Å². The van der Waals surface area contributed by atoms with E-state index in [9.17, 15) is 4.79 Å². The van der Waals surface area contributed by atoms with Crippen LogP contribution in [0, 0.1) is 0 Å². The van der Waals surface area contributed by atoms with Crippen molar-refractivity contribution in [1.29, 1.82) is 0 Å². The van der Waals surface area contributed by atoms with Gasteiger partial charge in [0.15, 0.2) is 0 Å². The van der Waals surface area contributed by atoms with E-state index in [1.54, 1.807) is 24.5 Å². The summed E-state index contributed by atoms with van der Waals surface area (Å²) >= 11 is 1.61. The zero-order valence-corrected chi connectivity index (χ0v) is 11.3. The molecule has 19 heavy (non-hydrogen) atoms. The Kier molecular flexibility index (Phi) is 4.69. The van der Waals surface area contributed by atoms with Gasteiger partial charge in [0.2, 0.25) is 0 Å². The third-order valence-electron chi connectivity index (χ3n) is 2.31. The number of hydrogen-bond donors (Lipinski definition) is 1. The average molecular weight is 274 g/mol. The molecule has 0 spiro atoms.